The molecule has 0 unspecified atom stereocenters. The minimum absolute atomic E-state index is 0.0970. The normalized spacial score (nSPS) is 12.6. The number of nitrogens with zero attached hydrogens (tertiary/aromatic N) is 1. The number of aromatic nitrogens is 3. The lowest BCUT2D eigenvalue weighted by atomic mass is 9.94. The summed E-state index contributed by atoms with van der Waals surface area (Å²) in [5.41, 5.74) is 7.25. The topological polar surface area (TPSA) is 73.6 Å². The zero-order valence-corrected chi connectivity index (χ0v) is 13.5. The summed E-state index contributed by atoms with van der Waals surface area (Å²) in [4.78, 5) is 15.9. The lowest BCUT2D eigenvalue weighted by Gasteiger charge is -2.11. The van der Waals surface area contributed by atoms with Crippen LogP contribution in [0.4, 0.5) is 5.69 Å². The highest BCUT2D eigenvalue weighted by atomic mass is 16.1. The third-order valence-corrected chi connectivity index (χ3v) is 4.81. The van der Waals surface area contributed by atoms with Crippen LogP contribution in [0.2, 0.25) is 0 Å². The van der Waals surface area contributed by atoms with Crippen molar-refractivity contribution in [1.82, 2.24) is 15.2 Å². The molecule has 5 heteroatoms. The maximum Gasteiger partial charge on any atom is 0.255 e. The maximum atomic E-state index is 12.4. The Labute approximate surface area is 144 Å². The zero-order valence-electron chi connectivity index (χ0n) is 13.5. The number of hydrogen-bond acceptors (Lipinski definition) is 2. The van der Waals surface area contributed by atoms with Crippen LogP contribution < -0.4 is 5.32 Å². The number of aromatic amines is 2. The quantitative estimate of drug-likeness (QED) is 0.522. The van der Waals surface area contributed by atoms with E-state index in [0.717, 1.165) is 40.8 Å². The van der Waals surface area contributed by atoms with Gasteiger partial charge in [0, 0.05) is 22.2 Å². The Balaban J connectivity index is 1.54. The van der Waals surface area contributed by atoms with E-state index in [4.69, 9.17) is 0 Å². The predicted molar refractivity (Wildman–Crippen MR) is 97.7 cm³/mol. The van der Waals surface area contributed by atoms with E-state index in [1.807, 2.05) is 54.7 Å². The van der Waals surface area contributed by atoms with Crippen molar-refractivity contribution >= 4 is 22.5 Å². The van der Waals surface area contributed by atoms with Gasteiger partial charge in [0.2, 0.25) is 0 Å². The molecule has 2 aromatic heterocycles. The number of anilines is 1. The molecule has 3 N–H and O–H groups in total. The molecule has 0 fully saturated rings. The number of carbonyl (C=O) groups excluding carboxylic acids is 1. The van der Waals surface area contributed by atoms with Gasteiger partial charge in [0.15, 0.2) is 0 Å². The molecule has 1 amide bonds. The Kier molecular flexibility index (Phi) is 3.00. The first kappa shape index (κ1) is 14.0. The average Bonchev–Trinajstić information content (AvgIpc) is 3.26. The lowest BCUT2D eigenvalue weighted by molar-refractivity contribution is 0.102. The lowest BCUT2D eigenvalue weighted by Crippen LogP contribution is -2.11. The highest BCUT2D eigenvalue weighted by molar-refractivity contribution is 6.05. The molecule has 122 valence electrons. The van der Waals surface area contributed by atoms with Crippen LogP contribution in [0.3, 0.4) is 0 Å². The first-order chi connectivity index (χ1) is 12.3. The summed E-state index contributed by atoms with van der Waals surface area (Å²) < 4.78 is 0. The Hall–Kier alpha value is -3.34. The SMILES string of the molecule is O=C(Nc1ccc2[nH]c3c(c2c1)CCc1cn[nH]c1-3)c1ccccc1. The molecule has 25 heavy (non-hydrogen) atoms. The number of benzene rings is 2. The molecule has 0 saturated heterocycles. The summed E-state index contributed by atoms with van der Waals surface area (Å²) in [6, 6.07) is 15.2. The van der Waals surface area contributed by atoms with Crippen molar-refractivity contribution in [2.75, 3.05) is 5.32 Å². The number of hydrogen-bond donors (Lipinski definition) is 3. The van der Waals surface area contributed by atoms with E-state index < -0.39 is 0 Å². The van der Waals surface area contributed by atoms with E-state index in [-0.39, 0.29) is 5.91 Å². The first-order valence-corrected chi connectivity index (χ1v) is 8.33. The molecule has 2 aromatic carbocycles. The molecule has 5 rings (SSSR count). The number of H-pyrrole nitrogens is 2. The summed E-state index contributed by atoms with van der Waals surface area (Å²) in [7, 11) is 0. The van der Waals surface area contributed by atoms with E-state index in [2.05, 4.69) is 20.5 Å². The number of aryl methyl sites for hydroxylation is 2. The fourth-order valence-corrected chi connectivity index (χ4v) is 3.57. The van der Waals surface area contributed by atoms with Gasteiger partial charge in [-0.15, -0.1) is 0 Å². The standard InChI is InChI=1S/C20H16N4O/c25-20(12-4-2-1-3-5-12)22-14-7-9-17-16(10-14)15-8-6-13-11-21-24-18(13)19(15)23-17/h1-5,7,9-11,23H,6,8H2,(H,21,24)(H,22,25). The number of fused-ring (bicyclic) bond motifs is 5. The Bertz CT molecular complexity index is 1090. The molecule has 0 spiro atoms. The van der Waals surface area contributed by atoms with Crippen molar-refractivity contribution in [2.45, 2.75) is 12.8 Å². The summed E-state index contributed by atoms with van der Waals surface area (Å²) in [5, 5.41) is 11.4. The molecule has 2 heterocycles. The van der Waals surface area contributed by atoms with Gasteiger partial charge in [-0.25, -0.2) is 0 Å². The molecule has 4 aromatic rings. The van der Waals surface area contributed by atoms with E-state index in [1.54, 1.807) is 0 Å². The highest BCUT2D eigenvalue weighted by Gasteiger charge is 2.22. The van der Waals surface area contributed by atoms with Crippen LogP contribution in [0.15, 0.2) is 54.7 Å². The van der Waals surface area contributed by atoms with Crippen LogP contribution in [-0.4, -0.2) is 21.1 Å². The Morgan fingerprint density at radius 1 is 1.04 bits per heavy atom. The average molecular weight is 328 g/mol. The third kappa shape index (κ3) is 2.24. The van der Waals surface area contributed by atoms with Gasteiger partial charge in [-0.2, -0.15) is 5.10 Å². The zero-order chi connectivity index (χ0) is 16.8. The second-order valence-corrected chi connectivity index (χ2v) is 6.33. The van der Waals surface area contributed by atoms with Crippen molar-refractivity contribution < 1.29 is 4.79 Å². The van der Waals surface area contributed by atoms with E-state index in [9.17, 15) is 4.79 Å². The van der Waals surface area contributed by atoms with Gasteiger partial charge in [-0.05, 0) is 54.3 Å². The summed E-state index contributed by atoms with van der Waals surface area (Å²) >= 11 is 0. The summed E-state index contributed by atoms with van der Waals surface area (Å²) in [6.45, 7) is 0. The molecule has 0 saturated carbocycles. The second kappa shape index (κ2) is 5.34. The molecular weight excluding hydrogens is 312 g/mol. The van der Waals surface area contributed by atoms with Gasteiger partial charge < -0.3 is 10.3 Å². The minimum Gasteiger partial charge on any atom is -0.353 e. The highest BCUT2D eigenvalue weighted by Crippen LogP contribution is 2.37. The van der Waals surface area contributed by atoms with Crippen molar-refractivity contribution in [2.24, 2.45) is 0 Å². The van der Waals surface area contributed by atoms with Crippen LogP contribution in [0.25, 0.3) is 22.3 Å². The van der Waals surface area contributed by atoms with Gasteiger partial charge in [-0.3, -0.25) is 9.89 Å². The van der Waals surface area contributed by atoms with Crippen LogP contribution in [-0.2, 0) is 12.8 Å². The fourth-order valence-electron chi connectivity index (χ4n) is 3.57. The van der Waals surface area contributed by atoms with E-state index >= 15 is 0 Å². The molecule has 1 aliphatic carbocycles. The molecule has 0 bridgehead atoms. The molecule has 0 aliphatic heterocycles. The molecular formula is C20H16N4O. The van der Waals surface area contributed by atoms with Gasteiger partial charge in [-0.1, -0.05) is 18.2 Å². The Morgan fingerprint density at radius 3 is 2.80 bits per heavy atom. The minimum atomic E-state index is -0.0970. The van der Waals surface area contributed by atoms with Crippen LogP contribution in [0.1, 0.15) is 21.5 Å². The number of carbonyl (C=O) groups is 1. The van der Waals surface area contributed by atoms with Gasteiger partial charge >= 0.3 is 0 Å². The fraction of sp³-hybridized carbons (Fsp3) is 0.100. The molecule has 5 nitrogen and oxygen atoms in total. The van der Waals surface area contributed by atoms with Gasteiger partial charge in [0.05, 0.1) is 17.6 Å². The van der Waals surface area contributed by atoms with Crippen LogP contribution in [0.5, 0.6) is 0 Å². The maximum absolute atomic E-state index is 12.4. The third-order valence-electron chi connectivity index (χ3n) is 4.81. The van der Waals surface area contributed by atoms with Crippen molar-refractivity contribution in [3.63, 3.8) is 0 Å². The molecule has 0 radical (unpaired) electrons. The van der Waals surface area contributed by atoms with Crippen molar-refractivity contribution in [3.8, 4) is 11.4 Å². The molecule has 1 aliphatic rings. The van der Waals surface area contributed by atoms with Gasteiger partial charge in [0.25, 0.3) is 5.91 Å². The van der Waals surface area contributed by atoms with E-state index in [1.165, 1.54) is 11.1 Å². The van der Waals surface area contributed by atoms with Gasteiger partial charge in [0.1, 0.15) is 0 Å². The predicted octanol–water partition coefficient (Wildman–Crippen LogP) is 3.91. The van der Waals surface area contributed by atoms with Crippen molar-refractivity contribution in [3.05, 3.63) is 71.4 Å². The van der Waals surface area contributed by atoms with Crippen molar-refractivity contribution in [1.29, 1.82) is 0 Å². The first-order valence-electron chi connectivity index (χ1n) is 8.33. The monoisotopic (exact) mass is 328 g/mol. The largest absolute Gasteiger partial charge is 0.353 e. The molecule has 0 atom stereocenters. The number of rotatable bonds is 2. The second-order valence-electron chi connectivity index (χ2n) is 6.33. The Morgan fingerprint density at radius 2 is 1.92 bits per heavy atom. The van der Waals surface area contributed by atoms with Crippen LogP contribution in [0, 0.1) is 0 Å². The number of nitrogens with one attached hydrogen (secondary N) is 3. The summed E-state index contributed by atoms with van der Waals surface area (Å²) in [5.74, 6) is -0.0970. The smallest absolute Gasteiger partial charge is 0.255 e. The van der Waals surface area contributed by atoms with E-state index in [0.29, 0.717) is 5.56 Å². The summed E-state index contributed by atoms with van der Waals surface area (Å²) in [6.07, 6.45) is 3.85. The van der Waals surface area contributed by atoms with Crippen LogP contribution >= 0.6 is 0 Å². The number of amides is 1.